The Morgan fingerprint density at radius 3 is 2.43 bits per heavy atom. The van der Waals surface area contributed by atoms with Gasteiger partial charge in [0.25, 0.3) is 0 Å². The molecule has 0 aromatic heterocycles. The highest BCUT2D eigenvalue weighted by atomic mass is 16.6. The second-order valence-electron chi connectivity index (χ2n) is 6.85. The van der Waals surface area contributed by atoms with Crippen LogP contribution >= 0.6 is 0 Å². The standard InChI is InChI=1S/C23H30N4O3/c1-5-8-21(22(27-24-4)18-11-13-19(14-12-18)25-15-28)26-23(29)30-17(3)20-10-7-6-9-16(20)2/h6-7,9-15,17,24,27H,5,8H2,1-4H3,(H,25,28)(H,26,29)/b22-21+. The molecule has 160 valence electrons. The summed E-state index contributed by atoms with van der Waals surface area (Å²) in [6.07, 6.45) is 1.23. The number of hydrogen-bond acceptors (Lipinski definition) is 5. The molecule has 0 spiro atoms. The summed E-state index contributed by atoms with van der Waals surface area (Å²) in [5.74, 6) is 0. The minimum Gasteiger partial charge on any atom is -0.441 e. The van der Waals surface area contributed by atoms with Crippen LogP contribution in [0.5, 0.6) is 0 Å². The molecule has 0 saturated heterocycles. The van der Waals surface area contributed by atoms with Gasteiger partial charge >= 0.3 is 6.09 Å². The van der Waals surface area contributed by atoms with Crippen LogP contribution in [0.3, 0.4) is 0 Å². The molecule has 4 N–H and O–H groups in total. The number of allylic oxidation sites excluding steroid dienone is 1. The number of nitrogens with one attached hydrogen (secondary N) is 4. The number of carbonyl (C=O) groups excluding carboxylic acids is 2. The summed E-state index contributed by atoms with van der Waals surface area (Å²) in [7, 11) is 1.75. The van der Waals surface area contributed by atoms with Gasteiger partial charge in [-0.25, -0.2) is 10.2 Å². The van der Waals surface area contributed by atoms with Crippen LogP contribution in [0.25, 0.3) is 5.70 Å². The van der Waals surface area contributed by atoms with Gasteiger partial charge in [0.15, 0.2) is 0 Å². The molecule has 7 nitrogen and oxygen atoms in total. The third-order valence-corrected chi connectivity index (χ3v) is 4.61. The molecule has 1 atom stereocenters. The number of aryl methyl sites for hydroxylation is 1. The van der Waals surface area contributed by atoms with E-state index in [-0.39, 0.29) is 6.10 Å². The van der Waals surface area contributed by atoms with E-state index in [9.17, 15) is 9.59 Å². The number of anilines is 1. The zero-order valence-corrected chi connectivity index (χ0v) is 17.9. The summed E-state index contributed by atoms with van der Waals surface area (Å²) in [4.78, 5) is 23.3. The van der Waals surface area contributed by atoms with E-state index >= 15 is 0 Å². The molecule has 0 aliphatic rings. The molecule has 0 fully saturated rings. The number of ether oxygens (including phenoxy) is 1. The van der Waals surface area contributed by atoms with Crippen molar-refractivity contribution in [1.82, 2.24) is 16.2 Å². The van der Waals surface area contributed by atoms with Crippen LogP contribution < -0.4 is 21.5 Å². The van der Waals surface area contributed by atoms with Crippen molar-refractivity contribution < 1.29 is 14.3 Å². The van der Waals surface area contributed by atoms with E-state index in [0.29, 0.717) is 24.2 Å². The Balaban J connectivity index is 2.24. The summed E-state index contributed by atoms with van der Waals surface area (Å²) in [5.41, 5.74) is 11.1. The van der Waals surface area contributed by atoms with Crippen LogP contribution in [-0.4, -0.2) is 19.6 Å². The third-order valence-electron chi connectivity index (χ3n) is 4.61. The summed E-state index contributed by atoms with van der Waals surface area (Å²) in [6.45, 7) is 5.89. The van der Waals surface area contributed by atoms with Crippen molar-refractivity contribution in [3.05, 3.63) is 70.9 Å². The fourth-order valence-corrected chi connectivity index (χ4v) is 3.17. The maximum atomic E-state index is 12.6. The first-order valence-corrected chi connectivity index (χ1v) is 9.99. The van der Waals surface area contributed by atoms with Crippen LogP contribution in [0, 0.1) is 6.92 Å². The number of alkyl carbamates (subject to hydrolysis) is 1. The van der Waals surface area contributed by atoms with Gasteiger partial charge in [-0.3, -0.25) is 10.1 Å². The molecule has 0 heterocycles. The molecule has 2 aromatic rings. The highest BCUT2D eigenvalue weighted by Gasteiger charge is 2.17. The molecular formula is C23H30N4O3. The first-order chi connectivity index (χ1) is 14.5. The van der Waals surface area contributed by atoms with E-state index in [1.807, 2.05) is 57.2 Å². The van der Waals surface area contributed by atoms with Gasteiger partial charge in [0, 0.05) is 24.0 Å². The first-order valence-electron chi connectivity index (χ1n) is 9.99. The van der Waals surface area contributed by atoms with Gasteiger partial charge in [-0.15, -0.1) is 0 Å². The van der Waals surface area contributed by atoms with Gasteiger partial charge in [-0.1, -0.05) is 49.7 Å². The summed E-state index contributed by atoms with van der Waals surface area (Å²) >= 11 is 0. The van der Waals surface area contributed by atoms with Crippen molar-refractivity contribution in [3.8, 4) is 0 Å². The van der Waals surface area contributed by atoms with E-state index in [0.717, 1.165) is 28.8 Å². The first kappa shape index (κ1) is 23.0. The average molecular weight is 411 g/mol. The zero-order valence-electron chi connectivity index (χ0n) is 17.9. The highest BCUT2D eigenvalue weighted by molar-refractivity contribution is 5.77. The van der Waals surface area contributed by atoms with Gasteiger partial charge in [-0.05, 0) is 43.5 Å². The predicted octanol–water partition coefficient (Wildman–Crippen LogP) is 4.24. The Morgan fingerprint density at radius 2 is 1.83 bits per heavy atom. The molecule has 7 heteroatoms. The molecule has 0 aliphatic carbocycles. The van der Waals surface area contributed by atoms with Crippen molar-refractivity contribution in [1.29, 1.82) is 0 Å². The second kappa shape index (κ2) is 11.6. The molecule has 0 radical (unpaired) electrons. The van der Waals surface area contributed by atoms with Gasteiger partial charge in [0.2, 0.25) is 6.41 Å². The lowest BCUT2D eigenvalue weighted by molar-refractivity contribution is -0.105. The van der Waals surface area contributed by atoms with Crippen molar-refractivity contribution >= 4 is 23.9 Å². The van der Waals surface area contributed by atoms with Gasteiger partial charge < -0.3 is 15.5 Å². The van der Waals surface area contributed by atoms with E-state index in [2.05, 4.69) is 21.5 Å². The van der Waals surface area contributed by atoms with E-state index < -0.39 is 6.09 Å². The van der Waals surface area contributed by atoms with Crippen LogP contribution in [-0.2, 0) is 9.53 Å². The molecule has 0 bridgehead atoms. The van der Waals surface area contributed by atoms with E-state index in [1.54, 1.807) is 19.2 Å². The lowest BCUT2D eigenvalue weighted by Gasteiger charge is -2.20. The van der Waals surface area contributed by atoms with E-state index in [4.69, 9.17) is 4.74 Å². The Kier molecular flexibility index (Phi) is 8.90. The van der Waals surface area contributed by atoms with Gasteiger partial charge in [-0.2, -0.15) is 0 Å². The Morgan fingerprint density at radius 1 is 1.13 bits per heavy atom. The number of amides is 2. The molecule has 2 aromatic carbocycles. The summed E-state index contributed by atoms with van der Waals surface area (Å²) < 4.78 is 5.63. The third kappa shape index (κ3) is 6.35. The van der Waals surface area contributed by atoms with Gasteiger partial charge in [0.05, 0.1) is 5.70 Å². The monoisotopic (exact) mass is 410 g/mol. The second-order valence-corrected chi connectivity index (χ2v) is 6.85. The lowest BCUT2D eigenvalue weighted by atomic mass is 10.0. The smallest absolute Gasteiger partial charge is 0.412 e. The van der Waals surface area contributed by atoms with Crippen molar-refractivity contribution in [2.24, 2.45) is 0 Å². The Labute approximate surface area is 177 Å². The van der Waals surface area contributed by atoms with Crippen LogP contribution in [0.2, 0.25) is 0 Å². The van der Waals surface area contributed by atoms with Crippen LogP contribution in [0.15, 0.2) is 54.2 Å². The lowest BCUT2D eigenvalue weighted by Crippen LogP contribution is -2.32. The van der Waals surface area contributed by atoms with Crippen molar-refractivity contribution in [3.63, 3.8) is 0 Å². The topological polar surface area (TPSA) is 91.5 Å². The molecular weight excluding hydrogens is 380 g/mol. The largest absolute Gasteiger partial charge is 0.441 e. The average Bonchev–Trinajstić information content (AvgIpc) is 2.73. The molecule has 2 rings (SSSR count). The predicted molar refractivity (Wildman–Crippen MR) is 119 cm³/mol. The maximum Gasteiger partial charge on any atom is 0.412 e. The molecule has 0 aliphatic heterocycles. The normalized spacial score (nSPS) is 12.4. The fraction of sp³-hybridized carbons (Fsp3) is 0.304. The zero-order chi connectivity index (χ0) is 21.9. The SMILES string of the molecule is CCC/C(NC(=O)OC(C)c1ccccc1C)=C(\NNC)c1ccc(NC=O)cc1. The Hall–Kier alpha value is -3.32. The number of hydrazine groups is 1. The number of carbonyl (C=O) groups is 2. The van der Waals surface area contributed by atoms with E-state index in [1.165, 1.54) is 0 Å². The molecule has 1 unspecified atom stereocenters. The molecule has 30 heavy (non-hydrogen) atoms. The fourth-order valence-electron chi connectivity index (χ4n) is 3.17. The Bertz CT molecular complexity index is 878. The molecule has 2 amide bonds. The summed E-state index contributed by atoms with van der Waals surface area (Å²) in [5, 5.41) is 5.52. The highest BCUT2D eigenvalue weighted by Crippen LogP contribution is 2.22. The minimum atomic E-state index is -0.510. The maximum absolute atomic E-state index is 12.6. The minimum absolute atomic E-state index is 0.372. The quantitative estimate of drug-likeness (QED) is 0.347. The molecule has 0 saturated carbocycles. The van der Waals surface area contributed by atoms with Crippen LogP contribution in [0.4, 0.5) is 10.5 Å². The van der Waals surface area contributed by atoms with Gasteiger partial charge in [0.1, 0.15) is 6.10 Å². The number of hydrogen-bond donors (Lipinski definition) is 4. The van der Waals surface area contributed by atoms with Crippen LogP contribution in [0.1, 0.15) is 49.5 Å². The summed E-state index contributed by atoms with van der Waals surface area (Å²) in [6, 6.07) is 15.2. The van der Waals surface area contributed by atoms with Crippen molar-refractivity contribution in [2.75, 3.05) is 12.4 Å². The van der Waals surface area contributed by atoms with Crippen molar-refractivity contribution in [2.45, 2.75) is 39.7 Å². The number of rotatable bonds is 10. The number of benzene rings is 2.